The molecular weight excluding hydrogens is 471 g/mol. The van der Waals surface area contributed by atoms with Gasteiger partial charge in [-0.25, -0.2) is 14.0 Å². The Morgan fingerprint density at radius 3 is 2.34 bits per heavy atom. The maximum atomic E-state index is 13.2. The van der Waals surface area contributed by atoms with Gasteiger partial charge in [0.2, 0.25) is 5.91 Å². The van der Waals surface area contributed by atoms with Crippen LogP contribution in [0, 0.1) is 11.2 Å². The molecule has 0 saturated carbocycles. The average Bonchev–Trinajstić information content (AvgIpc) is 3.45. The molecule has 35 heavy (non-hydrogen) atoms. The number of likely N-dealkylation sites (tertiary alicyclic amines) is 1. The molecule has 0 radical (unpaired) electrons. The fraction of sp³-hybridized carbons (Fsp3) is 0.500. The molecular formula is C26H31FN2O5S. The Labute approximate surface area is 208 Å². The number of hydrogen-bond donors (Lipinski definition) is 2. The number of piperidine rings is 1. The summed E-state index contributed by atoms with van der Waals surface area (Å²) in [6, 6.07) is 8.69. The molecule has 2 aromatic rings. The Morgan fingerprint density at radius 1 is 1.03 bits per heavy atom. The summed E-state index contributed by atoms with van der Waals surface area (Å²) >= 11 is 1.93. The van der Waals surface area contributed by atoms with Crippen LogP contribution in [0.2, 0.25) is 0 Å². The summed E-state index contributed by atoms with van der Waals surface area (Å²) in [5, 5.41) is 17.0. The van der Waals surface area contributed by atoms with E-state index in [1.165, 1.54) is 37.8 Å². The highest BCUT2D eigenvalue weighted by molar-refractivity contribution is 7.10. The molecule has 1 spiro atoms. The van der Waals surface area contributed by atoms with Crippen molar-refractivity contribution in [2.24, 2.45) is 5.41 Å². The molecule has 9 heteroatoms. The van der Waals surface area contributed by atoms with Crippen LogP contribution in [0.5, 0.6) is 0 Å². The number of carboxylic acids is 2. The van der Waals surface area contributed by atoms with Gasteiger partial charge in [-0.3, -0.25) is 4.79 Å². The first kappa shape index (κ1) is 25.3. The number of aryl methyl sites for hydroxylation is 1. The number of nitrogens with zero attached hydrogens (tertiary/aromatic N) is 2. The topological polar surface area (TPSA) is 98.1 Å². The zero-order valence-corrected chi connectivity index (χ0v) is 20.4. The zero-order valence-electron chi connectivity index (χ0n) is 19.6. The predicted molar refractivity (Wildman–Crippen MR) is 131 cm³/mol. The van der Waals surface area contributed by atoms with Crippen molar-refractivity contribution in [1.82, 2.24) is 4.90 Å². The van der Waals surface area contributed by atoms with Gasteiger partial charge in [0.1, 0.15) is 5.82 Å². The third kappa shape index (κ3) is 5.73. The van der Waals surface area contributed by atoms with Crippen LogP contribution >= 0.6 is 11.3 Å². The second kappa shape index (κ2) is 10.9. The largest absolute Gasteiger partial charge is 0.473 e. The van der Waals surface area contributed by atoms with E-state index in [1.807, 2.05) is 16.2 Å². The Balaban J connectivity index is 0.000000431. The van der Waals surface area contributed by atoms with Gasteiger partial charge in [-0.05, 0) is 112 Å². The molecule has 2 saturated heterocycles. The number of fused-ring (bicyclic) bond motifs is 1. The van der Waals surface area contributed by atoms with Crippen molar-refractivity contribution in [3.8, 4) is 0 Å². The summed E-state index contributed by atoms with van der Waals surface area (Å²) in [5.41, 5.74) is 2.24. The van der Waals surface area contributed by atoms with Crippen molar-refractivity contribution in [1.29, 1.82) is 0 Å². The van der Waals surface area contributed by atoms with Gasteiger partial charge in [-0.2, -0.15) is 0 Å². The predicted octanol–water partition coefficient (Wildman–Crippen LogP) is 4.37. The standard InChI is InChI=1S/C24H29FN2OS.C2H2O4/c25-19-4-6-20(7-5-19)27-16-12-24(23(27)28)10-14-26(15-11-24)13-8-18-2-1-3-22-21(18)9-17-29-22;3-1(4)2(5)6/h4-7,9,17-18H,1-3,8,10-16H2;(H,3,4)(H,5,6). The van der Waals surface area contributed by atoms with Gasteiger partial charge in [0.25, 0.3) is 0 Å². The lowest BCUT2D eigenvalue weighted by Gasteiger charge is -2.38. The maximum Gasteiger partial charge on any atom is 0.414 e. The second-order valence-corrected chi connectivity index (χ2v) is 10.6. The SMILES string of the molecule is O=C(O)C(=O)O.O=C1N(c2ccc(F)cc2)CCC12CCN(CCC1CCCc3sccc31)CC2. The van der Waals surface area contributed by atoms with E-state index in [4.69, 9.17) is 19.8 Å². The molecule has 1 aromatic heterocycles. The minimum absolute atomic E-state index is 0.198. The minimum atomic E-state index is -1.82. The number of thiophene rings is 1. The molecule has 3 heterocycles. The molecule has 2 N–H and O–H groups in total. The lowest BCUT2D eigenvalue weighted by atomic mass is 9.77. The van der Waals surface area contributed by atoms with E-state index in [0.717, 1.165) is 57.0 Å². The number of halogens is 1. The Hall–Kier alpha value is -2.78. The number of anilines is 1. The van der Waals surface area contributed by atoms with Crippen LogP contribution in [0.3, 0.4) is 0 Å². The number of amides is 1. The van der Waals surface area contributed by atoms with Crippen molar-refractivity contribution in [2.75, 3.05) is 31.1 Å². The highest BCUT2D eigenvalue weighted by Gasteiger charge is 2.48. The molecule has 0 bridgehead atoms. The number of rotatable bonds is 4. The molecule has 3 aliphatic rings. The molecule has 1 aromatic carbocycles. The molecule has 7 nitrogen and oxygen atoms in total. The summed E-state index contributed by atoms with van der Waals surface area (Å²) in [6.07, 6.45) is 8.00. The Kier molecular flexibility index (Phi) is 7.86. The van der Waals surface area contributed by atoms with Gasteiger partial charge < -0.3 is 20.0 Å². The lowest BCUT2D eigenvalue weighted by molar-refractivity contribution is -0.159. The van der Waals surface area contributed by atoms with Gasteiger partial charge in [0.05, 0.1) is 5.41 Å². The van der Waals surface area contributed by atoms with Crippen molar-refractivity contribution < 1.29 is 29.0 Å². The molecule has 5 rings (SSSR count). The number of carbonyl (C=O) groups excluding carboxylic acids is 1. The normalized spacial score (nSPS) is 21.3. The highest BCUT2D eigenvalue weighted by atomic mass is 32.1. The van der Waals surface area contributed by atoms with Gasteiger partial charge in [-0.1, -0.05) is 0 Å². The molecule has 1 atom stereocenters. The fourth-order valence-corrected chi connectivity index (χ4v) is 6.59. The molecule has 2 aliphatic heterocycles. The van der Waals surface area contributed by atoms with Gasteiger partial charge >= 0.3 is 11.9 Å². The smallest absolute Gasteiger partial charge is 0.414 e. The minimum Gasteiger partial charge on any atom is -0.473 e. The second-order valence-electron chi connectivity index (χ2n) is 9.59. The van der Waals surface area contributed by atoms with Crippen molar-refractivity contribution >= 4 is 34.9 Å². The van der Waals surface area contributed by atoms with E-state index in [0.29, 0.717) is 0 Å². The lowest BCUT2D eigenvalue weighted by Crippen LogP contribution is -2.45. The first-order valence-electron chi connectivity index (χ1n) is 12.1. The average molecular weight is 503 g/mol. The first-order chi connectivity index (χ1) is 16.8. The summed E-state index contributed by atoms with van der Waals surface area (Å²) in [6.45, 7) is 3.94. The summed E-state index contributed by atoms with van der Waals surface area (Å²) in [5.74, 6) is -2.93. The van der Waals surface area contributed by atoms with Crippen LogP contribution in [0.4, 0.5) is 10.1 Å². The van der Waals surface area contributed by atoms with Gasteiger partial charge in [0, 0.05) is 17.1 Å². The maximum absolute atomic E-state index is 13.2. The van der Waals surface area contributed by atoms with Crippen molar-refractivity contribution in [3.63, 3.8) is 0 Å². The highest BCUT2D eigenvalue weighted by Crippen LogP contribution is 2.43. The monoisotopic (exact) mass is 502 g/mol. The van der Waals surface area contributed by atoms with E-state index >= 15 is 0 Å². The van der Waals surface area contributed by atoms with E-state index in [1.54, 1.807) is 22.6 Å². The van der Waals surface area contributed by atoms with E-state index < -0.39 is 11.9 Å². The van der Waals surface area contributed by atoms with Crippen molar-refractivity contribution in [3.05, 3.63) is 52.0 Å². The first-order valence-corrected chi connectivity index (χ1v) is 13.0. The van der Waals surface area contributed by atoms with Gasteiger partial charge in [0.15, 0.2) is 0 Å². The molecule has 1 unspecified atom stereocenters. The summed E-state index contributed by atoms with van der Waals surface area (Å²) in [7, 11) is 0. The van der Waals surface area contributed by atoms with E-state index in [2.05, 4.69) is 16.3 Å². The Morgan fingerprint density at radius 2 is 1.69 bits per heavy atom. The molecule has 1 aliphatic carbocycles. The van der Waals surface area contributed by atoms with Crippen LogP contribution in [-0.2, 0) is 20.8 Å². The molecule has 1 amide bonds. The number of carboxylic acid groups (broad SMARTS) is 2. The number of carbonyl (C=O) groups is 3. The van der Waals surface area contributed by atoms with E-state index in [9.17, 15) is 9.18 Å². The summed E-state index contributed by atoms with van der Waals surface area (Å²) < 4.78 is 13.2. The molecule has 188 valence electrons. The third-order valence-corrected chi connectivity index (χ3v) is 8.61. The van der Waals surface area contributed by atoms with Gasteiger partial charge in [-0.15, -0.1) is 11.3 Å². The van der Waals surface area contributed by atoms with Crippen LogP contribution in [0.1, 0.15) is 54.9 Å². The quantitative estimate of drug-likeness (QED) is 0.603. The van der Waals surface area contributed by atoms with Crippen LogP contribution in [-0.4, -0.2) is 59.1 Å². The number of aliphatic carboxylic acids is 2. The van der Waals surface area contributed by atoms with Crippen molar-refractivity contribution in [2.45, 2.75) is 50.9 Å². The fourth-order valence-electron chi connectivity index (χ4n) is 5.58. The zero-order chi connectivity index (χ0) is 25.0. The summed E-state index contributed by atoms with van der Waals surface area (Å²) in [4.78, 5) is 37.4. The molecule has 2 fully saturated rings. The number of hydrogen-bond acceptors (Lipinski definition) is 5. The van der Waals surface area contributed by atoms with E-state index in [-0.39, 0.29) is 17.1 Å². The third-order valence-electron chi connectivity index (χ3n) is 7.62. The van der Waals surface area contributed by atoms with Crippen LogP contribution < -0.4 is 4.90 Å². The van der Waals surface area contributed by atoms with Crippen LogP contribution in [0.25, 0.3) is 0 Å². The Bertz CT molecular complexity index is 1050. The van der Waals surface area contributed by atoms with Crippen LogP contribution in [0.15, 0.2) is 35.7 Å². The number of benzene rings is 1.